The van der Waals surface area contributed by atoms with Crippen LogP contribution >= 0.6 is 11.3 Å². The third-order valence-electron chi connectivity index (χ3n) is 2.02. The fourth-order valence-electron chi connectivity index (χ4n) is 1.38. The summed E-state index contributed by atoms with van der Waals surface area (Å²) in [5.74, 6) is 0. The highest BCUT2D eigenvalue weighted by atomic mass is 32.1. The molecule has 1 aromatic rings. The fraction of sp³-hybridized carbons (Fsp3) is 0.700. The number of aromatic nitrogens is 1. The minimum absolute atomic E-state index is 0.353. The molecule has 1 aromatic heterocycles. The zero-order chi connectivity index (χ0) is 10.6. The van der Waals surface area contributed by atoms with Crippen LogP contribution in [0.4, 0.5) is 0 Å². The Morgan fingerprint density at radius 2 is 2.29 bits per heavy atom. The molecule has 0 aromatic carbocycles. The van der Waals surface area contributed by atoms with Crippen molar-refractivity contribution < 1.29 is 4.74 Å². The topological polar surface area (TPSA) is 34.1 Å². The van der Waals surface area contributed by atoms with Gasteiger partial charge in [0.15, 0.2) is 0 Å². The van der Waals surface area contributed by atoms with E-state index in [0.29, 0.717) is 12.1 Å². The van der Waals surface area contributed by atoms with E-state index in [1.165, 1.54) is 4.88 Å². The maximum Gasteiger partial charge on any atom is 0.0897 e. The maximum atomic E-state index is 5.07. The minimum atomic E-state index is 0.353. The van der Waals surface area contributed by atoms with Crippen LogP contribution in [0.1, 0.15) is 29.8 Å². The summed E-state index contributed by atoms with van der Waals surface area (Å²) in [5, 5.41) is 4.57. The highest BCUT2D eigenvalue weighted by Gasteiger charge is 2.11. The van der Waals surface area contributed by atoms with E-state index in [4.69, 9.17) is 4.74 Å². The van der Waals surface area contributed by atoms with Crippen molar-refractivity contribution in [3.63, 3.8) is 0 Å². The third kappa shape index (κ3) is 3.36. The Morgan fingerprint density at radius 3 is 2.79 bits per heavy atom. The van der Waals surface area contributed by atoms with E-state index < -0.39 is 0 Å². The van der Waals surface area contributed by atoms with Crippen LogP contribution in [0.5, 0.6) is 0 Å². The van der Waals surface area contributed by atoms with Gasteiger partial charge in [-0.25, -0.2) is 4.98 Å². The lowest BCUT2D eigenvalue weighted by Gasteiger charge is -2.17. The van der Waals surface area contributed by atoms with E-state index in [-0.39, 0.29) is 0 Å². The average molecular weight is 214 g/mol. The van der Waals surface area contributed by atoms with E-state index in [1.54, 1.807) is 18.4 Å². The van der Waals surface area contributed by atoms with E-state index >= 15 is 0 Å². The molecule has 0 aliphatic rings. The van der Waals surface area contributed by atoms with Crippen LogP contribution < -0.4 is 5.32 Å². The summed E-state index contributed by atoms with van der Waals surface area (Å²) in [6.07, 6.45) is 1.94. The van der Waals surface area contributed by atoms with Gasteiger partial charge in [0.2, 0.25) is 0 Å². The van der Waals surface area contributed by atoms with E-state index in [0.717, 1.165) is 11.6 Å². The highest BCUT2D eigenvalue weighted by Crippen LogP contribution is 2.20. The summed E-state index contributed by atoms with van der Waals surface area (Å²) in [5.41, 5.74) is 0. The molecule has 0 saturated carbocycles. The summed E-state index contributed by atoms with van der Waals surface area (Å²) in [7, 11) is 1.72. The molecule has 0 spiro atoms. The molecule has 2 atom stereocenters. The van der Waals surface area contributed by atoms with E-state index in [2.05, 4.69) is 24.1 Å². The molecule has 80 valence electrons. The standard InChI is InChI=1S/C10H18N2OS/c1-7(6-13-4)12-8(2)10-5-11-9(3)14-10/h5,7-8,12H,6H2,1-4H3. The van der Waals surface area contributed by atoms with Crippen LogP contribution in [0, 0.1) is 6.92 Å². The fourth-order valence-corrected chi connectivity index (χ4v) is 2.18. The normalized spacial score (nSPS) is 15.4. The Hall–Kier alpha value is -0.450. The molecular formula is C10H18N2OS. The molecule has 0 bridgehead atoms. The molecule has 0 amide bonds. The van der Waals surface area contributed by atoms with Gasteiger partial charge in [0.25, 0.3) is 0 Å². The van der Waals surface area contributed by atoms with Gasteiger partial charge in [-0.1, -0.05) is 0 Å². The molecule has 0 aliphatic heterocycles. The first-order valence-corrected chi connectivity index (χ1v) is 5.62. The van der Waals surface area contributed by atoms with Crippen molar-refractivity contribution in [1.82, 2.24) is 10.3 Å². The molecular weight excluding hydrogens is 196 g/mol. The van der Waals surface area contributed by atoms with Crippen LogP contribution in [0.25, 0.3) is 0 Å². The quantitative estimate of drug-likeness (QED) is 0.815. The molecule has 0 aliphatic carbocycles. The Kier molecular flexibility index (Phi) is 4.51. The van der Waals surface area contributed by atoms with Gasteiger partial charge in [-0.05, 0) is 20.8 Å². The van der Waals surface area contributed by atoms with Crippen LogP contribution in [0.15, 0.2) is 6.20 Å². The zero-order valence-corrected chi connectivity index (χ0v) is 10.0. The first-order chi connectivity index (χ1) is 6.63. The summed E-state index contributed by atoms with van der Waals surface area (Å²) in [4.78, 5) is 5.52. The molecule has 4 heteroatoms. The number of thiazole rings is 1. The molecule has 14 heavy (non-hydrogen) atoms. The van der Waals surface area contributed by atoms with Crippen molar-refractivity contribution in [3.8, 4) is 0 Å². The lowest BCUT2D eigenvalue weighted by atomic mass is 10.2. The van der Waals surface area contributed by atoms with Crippen molar-refractivity contribution in [2.75, 3.05) is 13.7 Å². The van der Waals surface area contributed by atoms with E-state index in [9.17, 15) is 0 Å². The average Bonchev–Trinajstić information content (AvgIpc) is 2.52. The van der Waals surface area contributed by atoms with Gasteiger partial charge in [0, 0.05) is 30.3 Å². The summed E-state index contributed by atoms with van der Waals surface area (Å²) in [6.45, 7) is 7.04. The van der Waals surface area contributed by atoms with Crippen LogP contribution in [-0.4, -0.2) is 24.7 Å². The molecule has 1 rings (SSSR count). The summed E-state index contributed by atoms with van der Waals surface area (Å²) in [6, 6.07) is 0.726. The van der Waals surface area contributed by atoms with Crippen LogP contribution in [0.2, 0.25) is 0 Å². The molecule has 2 unspecified atom stereocenters. The maximum absolute atomic E-state index is 5.07. The molecule has 1 heterocycles. The predicted octanol–water partition coefficient (Wildman–Crippen LogP) is 2.14. The number of hydrogen-bond donors (Lipinski definition) is 1. The van der Waals surface area contributed by atoms with Gasteiger partial charge >= 0.3 is 0 Å². The molecule has 0 radical (unpaired) electrons. The van der Waals surface area contributed by atoms with Gasteiger partial charge in [-0.15, -0.1) is 11.3 Å². The number of rotatable bonds is 5. The van der Waals surface area contributed by atoms with Crippen molar-refractivity contribution >= 4 is 11.3 Å². The number of hydrogen-bond acceptors (Lipinski definition) is 4. The third-order valence-corrected chi connectivity index (χ3v) is 3.11. The Labute approximate surface area is 89.5 Å². The second-order valence-electron chi connectivity index (χ2n) is 3.53. The minimum Gasteiger partial charge on any atom is -0.383 e. The first-order valence-electron chi connectivity index (χ1n) is 4.80. The Balaban J connectivity index is 2.45. The Bertz CT molecular complexity index is 275. The lowest BCUT2D eigenvalue weighted by molar-refractivity contribution is 0.168. The summed E-state index contributed by atoms with van der Waals surface area (Å²) < 4.78 is 5.07. The van der Waals surface area contributed by atoms with E-state index in [1.807, 2.05) is 13.1 Å². The number of methoxy groups -OCH3 is 1. The van der Waals surface area contributed by atoms with Crippen molar-refractivity contribution in [2.24, 2.45) is 0 Å². The largest absolute Gasteiger partial charge is 0.383 e. The van der Waals surface area contributed by atoms with Crippen molar-refractivity contribution in [2.45, 2.75) is 32.9 Å². The van der Waals surface area contributed by atoms with Crippen molar-refractivity contribution in [3.05, 3.63) is 16.1 Å². The van der Waals surface area contributed by atoms with Gasteiger partial charge in [-0.3, -0.25) is 0 Å². The second kappa shape index (κ2) is 5.44. The Morgan fingerprint density at radius 1 is 1.57 bits per heavy atom. The zero-order valence-electron chi connectivity index (χ0n) is 9.20. The monoisotopic (exact) mass is 214 g/mol. The molecule has 3 nitrogen and oxygen atoms in total. The number of aryl methyl sites for hydroxylation is 1. The number of nitrogens with one attached hydrogen (secondary N) is 1. The van der Waals surface area contributed by atoms with Crippen molar-refractivity contribution in [1.29, 1.82) is 0 Å². The van der Waals surface area contributed by atoms with Gasteiger partial charge < -0.3 is 10.1 Å². The predicted molar refractivity (Wildman–Crippen MR) is 59.7 cm³/mol. The van der Waals surface area contributed by atoms with Crippen LogP contribution in [-0.2, 0) is 4.74 Å². The number of ether oxygens (including phenoxy) is 1. The van der Waals surface area contributed by atoms with Gasteiger partial charge in [-0.2, -0.15) is 0 Å². The molecule has 0 fully saturated rings. The van der Waals surface area contributed by atoms with Gasteiger partial charge in [0.05, 0.1) is 11.6 Å². The first kappa shape index (κ1) is 11.6. The highest BCUT2D eigenvalue weighted by molar-refractivity contribution is 7.11. The van der Waals surface area contributed by atoms with Gasteiger partial charge in [0.1, 0.15) is 0 Å². The lowest BCUT2D eigenvalue weighted by Crippen LogP contribution is -2.32. The molecule has 0 saturated heterocycles. The summed E-state index contributed by atoms with van der Waals surface area (Å²) >= 11 is 1.74. The number of nitrogens with zero attached hydrogens (tertiary/aromatic N) is 1. The SMILES string of the molecule is COCC(C)NC(C)c1cnc(C)s1. The van der Waals surface area contributed by atoms with Crippen LogP contribution in [0.3, 0.4) is 0 Å². The smallest absolute Gasteiger partial charge is 0.0897 e. The molecule has 1 N–H and O–H groups in total. The second-order valence-corrected chi connectivity index (χ2v) is 4.79.